The fourth-order valence-electron chi connectivity index (χ4n) is 17.1. The molecule has 19 N–H and O–H groups in total. The van der Waals surface area contributed by atoms with E-state index in [1.165, 1.54) is 26.3 Å². The van der Waals surface area contributed by atoms with Crippen LogP contribution < -0.4 is 0 Å². The summed E-state index contributed by atoms with van der Waals surface area (Å²) in [4.78, 5) is 0. The number of ether oxygens (including phenoxy) is 9. The zero-order valence-corrected chi connectivity index (χ0v) is 56.5. The number of rotatable bonds is 25. The second-order valence-electron chi connectivity index (χ2n) is 31.4. The Morgan fingerprint density at radius 1 is 0.574 bits per heavy atom. The van der Waals surface area contributed by atoms with Gasteiger partial charge in [-0.15, -0.1) is 0 Å². The highest BCUT2D eigenvalue weighted by molar-refractivity contribution is 5.28. The molecule has 35 atom stereocenters. The number of aliphatic hydroxyl groups is 19. The van der Waals surface area contributed by atoms with Crippen molar-refractivity contribution in [1.82, 2.24) is 0 Å². The smallest absolute Gasteiger partial charge is 0.195 e. The Balaban J connectivity index is 0.890. The standard InChI is InChI=1S/C66H116O28/c1-29(12-14-44(62(6,7)85)88-25-42-56(94-66(11)60(84)55(80)49(74)40(22-69)93-66)51(76)50(75)41(90-42)24-87-28-65(10)59(83)54(79)48(73)39(21-68)92-65)31(3)32-17-35-30(2)16-36-34(45(35)37(70)18-32)13-15-43(61(36,4)5)89-26-63(8)19-33(46(71)52(77)57(63)81)23-86-27-64(9)58(82)53(78)47(72)38(20-67)91-64/h16,29-35,37-60,67-85H,12-15,17-28H2,1-11H3/t29-,30-,31?,32?,33?,34?,35?,37?,38?,39?,40?,41?,42-,43?,44?,45?,46-,47-,48+,49+,50+,51+,52?,53?,54+,55+,56?,57+,58+,59?,60?,63?,64?,65-,66-/m1/s1. The van der Waals surface area contributed by atoms with Crippen LogP contribution in [0, 0.1) is 58.2 Å². The largest absolute Gasteiger partial charge is 0.394 e. The number of allylic oxidation sites excluding steroid dienone is 1. The molecule has 0 amide bonds. The summed E-state index contributed by atoms with van der Waals surface area (Å²) in [6, 6.07) is 0. The molecule has 4 aliphatic heterocycles. The minimum atomic E-state index is -2.22. The van der Waals surface area contributed by atoms with E-state index in [0.29, 0.717) is 25.7 Å². The molecule has 28 heteroatoms. The van der Waals surface area contributed by atoms with Crippen LogP contribution in [0.5, 0.6) is 0 Å². The first kappa shape index (κ1) is 78.3. The molecule has 0 aromatic carbocycles. The predicted molar refractivity (Wildman–Crippen MR) is 329 cm³/mol. The lowest BCUT2D eigenvalue weighted by molar-refractivity contribution is -0.391. The second-order valence-corrected chi connectivity index (χ2v) is 31.4. The van der Waals surface area contributed by atoms with E-state index >= 15 is 0 Å². The molecular formula is C66H116O28. The molecule has 0 aromatic heterocycles. The number of fused-ring (bicyclic) bond motifs is 3. The molecule has 548 valence electrons. The van der Waals surface area contributed by atoms with Crippen molar-refractivity contribution < 1.29 is 140 Å². The molecule has 8 aliphatic rings. The number of aliphatic hydroxyl groups excluding tert-OH is 18. The van der Waals surface area contributed by atoms with Gasteiger partial charge in [-0.3, -0.25) is 0 Å². The summed E-state index contributed by atoms with van der Waals surface area (Å²) in [6.07, 6.45) is -26.6. The van der Waals surface area contributed by atoms with Gasteiger partial charge in [0.05, 0.1) is 95.6 Å². The van der Waals surface area contributed by atoms with E-state index in [2.05, 4.69) is 40.7 Å². The summed E-state index contributed by atoms with van der Waals surface area (Å²) >= 11 is 0. The maximum Gasteiger partial charge on any atom is 0.195 e. The molecule has 7 fully saturated rings. The maximum atomic E-state index is 12.4. The Bertz CT molecular complexity index is 2440. The lowest BCUT2D eigenvalue weighted by atomic mass is 9.51. The zero-order valence-electron chi connectivity index (χ0n) is 56.5. The average molecular weight is 1360 g/mol. The molecule has 4 saturated heterocycles. The predicted octanol–water partition coefficient (Wildman–Crippen LogP) is -3.73. The van der Waals surface area contributed by atoms with Crippen LogP contribution in [0.25, 0.3) is 0 Å². The van der Waals surface area contributed by atoms with Gasteiger partial charge in [0.1, 0.15) is 121 Å². The first-order valence-corrected chi connectivity index (χ1v) is 34.0. The van der Waals surface area contributed by atoms with Gasteiger partial charge in [0.2, 0.25) is 0 Å². The molecule has 4 heterocycles. The van der Waals surface area contributed by atoms with Crippen molar-refractivity contribution in [3.05, 3.63) is 11.6 Å². The van der Waals surface area contributed by atoms with Gasteiger partial charge in [0, 0.05) is 16.7 Å². The summed E-state index contributed by atoms with van der Waals surface area (Å²) in [6.45, 7) is 16.2. The third kappa shape index (κ3) is 15.8. The zero-order chi connectivity index (χ0) is 69.9. The Morgan fingerprint density at radius 3 is 1.65 bits per heavy atom. The average Bonchev–Trinajstić information content (AvgIpc) is 0.737. The van der Waals surface area contributed by atoms with E-state index in [4.69, 9.17) is 42.6 Å². The normalized spacial score (nSPS) is 49.4. The highest BCUT2D eigenvalue weighted by Gasteiger charge is 2.60. The molecule has 0 radical (unpaired) electrons. The molecule has 94 heavy (non-hydrogen) atoms. The van der Waals surface area contributed by atoms with Crippen LogP contribution >= 0.6 is 0 Å². The Labute approximate surface area is 551 Å². The van der Waals surface area contributed by atoms with E-state index in [0.717, 1.165) is 12.8 Å². The van der Waals surface area contributed by atoms with Gasteiger partial charge in [-0.25, -0.2) is 0 Å². The summed E-state index contributed by atoms with van der Waals surface area (Å²) in [5.74, 6) is -2.19. The van der Waals surface area contributed by atoms with Crippen molar-refractivity contribution >= 4 is 0 Å². The summed E-state index contributed by atoms with van der Waals surface area (Å²) in [5.41, 5.74) is -4.92. The fourth-order valence-corrected chi connectivity index (χ4v) is 17.1. The molecule has 4 aliphatic carbocycles. The van der Waals surface area contributed by atoms with Crippen molar-refractivity contribution in [3.8, 4) is 0 Å². The summed E-state index contributed by atoms with van der Waals surface area (Å²) in [7, 11) is 0. The fraction of sp³-hybridized carbons (Fsp3) is 0.970. The minimum Gasteiger partial charge on any atom is -0.394 e. The van der Waals surface area contributed by atoms with Crippen LogP contribution in [0.2, 0.25) is 0 Å². The molecule has 3 saturated carbocycles. The van der Waals surface area contributed by atoms with E-state index in [9.17, 15) is 97.0 Å². The van der Waals surface area contributed by atoms with Crippen LogP contribution in [0.15, 0.2) is 11.6 Å². The van der Waals surface area contributed by atoms with E-state index in [1.54, 1.807) is 20.8 Å². The first-order chi connectivity index (χ1) is 43.7. The third-order valence-electron chi connectivity index (χ3n) is 23.6. The molecule has 28 nitrogen and oxygen atoms in total. The van der Waals surface area contributed by atoms with Crippen LogP contribution in [-0.4, -0.2) is 319 Å². The van der Waals surface area contributed by atoms with Gasteiger partial charge in [0.25, 0.3) is 0 Å². The van der Waals surface area contributed by atoms with E-state index in [1.807, 2.05) is 0 Å². The van der Waals surface area contributed by atoms with Crippen molar-refractivity contribution in [3.63, 3.8) is 0 Å². The lowest BCUT2D eigenvalue weighted by Gasteiger charge is -2.56. The Kier molecular flexibility index (Phi) is 25.6. The highest BCUT2D eigenvalue weighted by Crippen LogP contribution is 2.59. The van der Waals surface area contributed by atoms with Gasteiger partial charge in [-0.05, 0) is 121 Å². The quantitative estimate of drug-likeness (QED) is 0.0391. The minimum absolute atomic E-state index is 0.00288. The number of hydrogen-bond acceptors (Lipinski definition) is 28. The lowest BCUT2D eigenvalue weighted by Crippen LogP contribution is -2.69. The monoisotopic (exact) mass is 1360 g/mol. The topological polar surface area (TPSA) is 467 Å². The SMILES string of the molecule is CC(C1CC(O)C2C3CCC(OCC4(C)CC(COCC5(C)OC(CO)[C@@H](O)C(O)[C@@H]5O)[C@@H](O)C(O)[C@@H]4O)C(C)(C)C3=C[C@@H](C)C2C1)[C@H](C)CCC(OC[C@H]1OC(COC[C@@]2(C)OC(CO)[C@H](O)[C@H](O)C2O)[C@H](O)[C@H](O)C1O[C@@]1(C)OC(CO)[C@H](O)[C@H](O)C1O)C(C)(C)O. The number of hydrogen-bond donors (Lipinski definition) is 19. The van der Waals surface area contributed by atoms with Crippen LogP contribution in [0.3, 0.4) is 0 Å². The molecule has 0 aromatic rings. The van der Waals surface area contributed by atoms with Crippen LogP contribution in [-0.2, 0) is 42.6 Å². The second kappa shape index (κ2) is 30.7. The maximum absolute atomic E-state index is 12.4. The van der Waals surface area contributed by atoms with Crippen molar-refractivity contribution in [2.24, 2.45) is 58.2 Å². The van der Waals surface area contributed by atoms with Crippen molar-refractivity contribution in [1.29, 1.82) is 0 Å². The van der Waals surface area contributed by atoms with Gasteiger partial charge in [-0.2, -0.15) is 0 Å². The Morgan fingerprint density at radius 2 is 1.10 bits per heavy atom. The molecule has 20 unspecified atom stereocenters. The van der Waals surface area contributed by atoms with E-state index < -0.39 is 213 Å². The van der Waals surface area contributed by atoms with Gasteiger partial charge < -0.3 is 140 Å². The van der Waals surface area contributed by atoms with Crippen molar-refractivity contribution in [2.45, 2.75) is 284 Å². The third-order valence-corrected chi connectivity index (χ3v) is 23.6. The molecule has 0 spiro atoms. The molecular weight excluding hydrogens is 1240 g/mol. The summed E-state index contributed by atoms with van der Waals surface area (Å²) < 4.78 is 55.0. The van der Waals surface area contributed by atoms with Crippen LogP contribution in [0.4, 0.5) is 0 Å². The summed E-state index contributed by atoms with van der Waals surface area (Å²) in [5, 5.41) is 207. The first-order valence-electron chi connectivity index (χ1n) is 34.0. The Hall–Kier alpha value is -1.38. The molecule has 0 bridgehead atoms. The van der Waals surface area contributed by atoms with Gasteiger partial charge >= 0.3 is 0 Å². The van der Waals surface area contributed by atoms with Crippen LogP contribution in [0.1, 0.15) is 121 Å². The highest BCUT2D eigenvalue weighted by atomic mass is 16.7. The van der Waals surface area contributed by atoms with Crippen molar-refractivity contribution in [2.75, 3.05) is 59.5 Å². The van der Waals surface area contributed by atoms with Gasteiger partial charge in [-0.1, -0.05) is 53.2 Å². The van der Waals surface area contributed by atoms with E-state index in [-0.39, 0.29) is 73.8 Å². The van der Waals surface area contributed by atoms with Gasteiger partial charge in [0.15, 0.2) is 5.79 Å². The molecule has 8 rings (SSSR count).